The molecule has 0 bridgehead atoms. The fourth-order valence-electron chi connectivity index (χ4n) is 3.40. The van der Waals surface area contributed by atoms with E-state index in [2.05, 4.69) is 10.1 Å². The molecule has 1 aromatic carbocycles. The summed E-state index contributed by atoms with van der Waals surface area (Å²) in [5, 5.41) is 14.4. The summed E-state index contributed by atoms with van der Waals surface area (Å²) in [6.45, 7) is 1.80. The Kier molecular flexibility index (Phi) is 3.78. The number of benzene rings is 1. The van der Waals surface area contributed by atoms with Gasteiger partial charge in [0.1, 0.15) is 0 Å². The molecular weight excluding hydrogens is 342 g/mol. The molecule has 1 atom stereocenters. The van der Waals surface area contributed by atoms with Crippen molar-refractivity contribution in [3.63, 3.8) is 0 Å². The highest BCUT2D eigenvalue weighted by atomic mass is 32.2. The first-order valence-electron chi connectivity index (χ1n) is 8.20. The van der Waals surface area contributed by atoms with Crippen LogP contribution in [0.2, 0.25) is 0 Å². The van der Waals surface area contributed by atoms with Crippen LogP contribution in [0.1, 0.15) is 35.7 Å². The minimum Gasteiger partial charge on any atom is -0.379 e. The lowest BCUT2D eigenvalue weighted by Crippen LogP contribution is -2.35. The molecule has 1 aliphatic carbocycles. The molecule has 0 saturated carbocycles. The number of hydrogen-bond acceptors (Lipinski definition) is 6. The zero-order chi connectivity index (χ0) is 17.7. The van der Waals surface area contributed by atoms with Crippen molar-refractivity contribution in [1.82, 2.24) is 14.4 Å². The van der Waals surface area contributed by atoms with Gasteiger partial charge in [-0.15, -0.1) is 0 Å². The quantitative estimate of drug-likeness (QED) is 0.892. The molecule has 1 aromatic heterocycles. The second-order valence-corrected chi connectivity index (χ2v) is 8.57. The smallest absolute Gasteiger partial charge is 0.260 e. The molecule has 2 heterocycles. The zero-order valence-corrected chi connectivity index (χ0v) is 14.7. The van der Waals surface area contributed by atoms with Gasteiger partial charge in [-0.05, 0) is 37.0 Å². The molecular formula is C17H19N3O4S. The molecule has 1 fully saturated rings. The molecule has 8 heteroatoms. The molecule has 1 N–H and O–H groups in total. The number of rotatable bonds is 3. The number of β-amino-alcohol motifs (C(OH)–C–C–N with tert-alkyl or cyclic N) is 1. The minimum absolute atomic E-state index is 0.0735. The Morgan fingerprint density at radius 1 is 1.28 bits per heavy atom. The Morgan fingerprint density at radius 3 is 2.84 bits per heavy atom. The van der Waals surface area contributed by atoms with E-state index in [1.165, 1.54) is 4.31 Å². The Labute approximate surface area is 146 Å². The van der Waals surface area contributed by atoms with E-state index < -0.39 is 15.6 Å². The SMILES string of the molecule is Cc1noc([C@@]2(O)CCN(S(=O)(=O)C3=Cc4ccccc4CC3)C2)n1. The maximum atomic E-state index is 13.0. The van der Waals surface area contributed by atoms with Crippen LogP contribution in [-0.4, -0.2) is 41.1 Å². The molecule has 0 radical (unpaired) electrons. The second-order valence-electron chi connectivity index (χ2n) is 6.58. The average Bonchev–Trinajstić information content (AvgIpc) is 3.22. The number of hydrogen-bond donors (Lipinski definition) is 1. The first-order chi connectivity index (χ1) is 11.9. The molecule has 0 amide bonds. The van der Waals surface area contributed by atoms with Gasteiger partial charge in [0.25, 0.3) is 5.89 Å². The molecule has 4 rings (SSSR count). The fraction of sp³-hybridized carbons (Fsp3) is 0.412. The number of sulfonamides is 1. The predicted molar refractivity (Wildman–Crippen MR) is 90.8 cm³/mol. The second kappa shape index (κ2) is 5.76. The first kappa shape index (κ1) is 16.4. The van der Waals surface area contributed by atoms with E-state index in [9.17, 15) is 13.5 Å². The molecule has 132 valence electrons. The molecule has 1 aliphatic heterocycles. The summed E-state index contributed by atoms with van der Waals surface area (Å²) in [6, 6.07) is 7.80. The van der Waals surface area contributed by atoms with Crippen LogP contribution in [0.5, 0.6) is 0 Å². The molecule has 0 unspecified atom stereocenters. The number of aliphatic hydroxyl groups is 1. The molecule has 2 aromatic rings. The summed E-state index contributed by atoms with van der Waals surface area (Å²) in [4.78, 5) is 4.45. The van der Waals surface area contributed by atoms with E-state index in [0.29, 0.717) is 23.6 Å². The van der Waals surface area contributed by atoms with Crippen LogP contribution < -0.4 is 0 Å². The first-order valence-corrected chi connectivity index (χ1v) is 9.64. The standard InChI is InChI=1S/C17H19N3O4S/c1-12-18-16(24-19-12)17(21)8-9-20(11-17)25(22,23)15-7-6-13-4-2-3-5-14(13)10-15/h2-5,10,21H,6-9,11H2,1H3/t17-/m1/s1. The Morgan fingerprint density at radius 2 is 2.08 bits per heavy atom. The van der Waals surface area contributed by atoms with E-state index in [0.717, 1.165) is 11.1 Å². The van der Waals surface area contributed by atoms with Crippen LogP contribution in [0.25, 0.3) is 6.08 Å². The fourth-order valence-corrected chi connectivity index (χ4v) is 5.08. The highest BCUT2D eigenvalue weighted by Gasteiger charge is 2.47. The monoisotopic (exact) mass is 361 g/mol. The summed E-state index contributed by atoms with van der Waals surface area (Å²) < 4.78 is 32.4. The Bertz CT molecular complexity index is 950. The van der Waals surface area contributed by atoms with Crippen LogP contribution in [0.15, 0.2) is 33.7 Å². The molecule has 7 nitrogen and oxygen atoms in total. The Hall–Kier alpha value is -2.03. The van der Waals surface area contributed by atoms with Crippen molar-refractivity contribution in [2.75, 3.05) is 13.1 Å². The lowest BCUT2D eigenvalue weighted by Gasteiger charge is -2.23. The maximum Gasteiger partial charge on any atom is 0.260 e. The van der Waals surface area contributed by atoms with Crippen LogP contribution in [-0.2, 0) is 22.0 Å². The maximum absolute atomic E-state index is 13.0. The average molecular weight is 361 g/mol. The van der Waals surface area contributed by atoms with Crippen LogP contribution >= 0.6 is 0 Å². The Balaban J connectivity index is 1.61. The van der Waals surface area contributed by atoms with Gasteiger partial charge in [0.15, 0.2) is 11.4 Å². The summed E-state index contributed by atoms with van der Waals surface area (Å²) >= 11 is 0. The molecule has 0 spiro atoms. The van der Waals surface area contributed by atoms with Crippen LogP contribution in [0, 0.1) is 6.92 Å². The topological polar surface area (TPSA) is 96.5 Å². The van der Waals surface area contributed by atoms with E-state index in [1.807, 2.05) is 24.3 Å². The van der Waals surface area contributed by atoms with Crippen molar-refractivity contribution in [2.24, 2.45) is 0 Å². The van der Waals surface area contributed by atoms with Crippen molar-refractivity contribution in [3.8, 4) is 0 Å². The van der Waals surface area contributed by atoms with E-state index in [-0.39, 0.29) is 25.4 Å². The number of allylic oxidation sites excluding steroid dienone is 1. The number of aromatic nitrogens is 2. The van der Waals surface area contributed by atoms with Gasteiger partial charge in [-0.3, -0.25) is 0 Å². The number of aryl methyl sites for hydroxylation is 2. The highest BCUT2D eigenvalue weighted by molar-refractivity contribution is 7.93. The van der Waals surface area contributed by atoms with E-state index in [1.54, 1.807) is 13.0 Å². The third kappa shape index (κ3) is 2.80. The van der Waals surface area contributed by atoms with Gasteiger partial charge < -0.3 is 9.63 Å². The van der Waals surface area contributed by atoms with Gasteiger partial charge in [-0.25, -0.2) is 8.42 Å². The van der Waals surface area contributed by atoms with Crippen molar-refractivity contribution in [2.45, 2.75) is 31.8 Å². The summed E-state index contributed by atoms with van der Waals surface area (Å²) in [7, 11) is -3.63. The predicted octanol–water partition coefficient (Wildman–Crippen LogP) is 1.59. The highest BCUT2D eigenvalue weighted by Crippen LogP contribution is 2.36. The largest absolute Gasteiger partial charge is 0.379 e. The number of fused-ring (bicyclic) bond motifs is 1. The normalized spacial score (nSPS) is 24.2. The van der Waals surface area contributed by atoms with Crippen LogP contribution in [0.3, 0.4) is 0 Å². The van der Waals surface area contributed by atoms with Gasteiger partial charge in [-0.2, -0.15) is 9.29 Å². The van der Waals surface area contributed by atoms with Crippen molar-refractivity contribution in [3.05, 3.63) is 52.0 Å². The summed E-state index contributed by atoms with van der Waals surface area (Å²) in [5.74, 6) is 0.488. The lowest BCUT2D eigenvalue weighted by molar-refractivity contribution is 0.0194. The van der Waals surface area contributed by atoms with Gasteiger partial charge in [0.2, 0.25) is 10.0 Å². The van der Waals surface area contributed by atoms with Crippen LogP contribution in [0.4, 0.5) is 0 Å². The van der Waals surface area contributed by atoms with Gasteiger partial charge in [0.05, 0.1) is 11.4 Å². The third-order valence-electron chi connectivity index (χ3n) is 4.82. The van der Waals surface area contributed by atoms with Gasteiger partial charge in [-0.1, -0.05) is 29.4 Å². The third-order valence-corrected chi connectivity index (χ3v) is 6.80. The van der Waals surface area contributed by atoms with E-state index >= 15 is 0 Å². The zero-order valence-electron chi connectivity index (χ0n) is 13.8. The lowest BCUT2D eigenvalue weighted by atomic mass is 9.98. The van der Waals surface area contributed by atoms with Crippen molar-refractivity contribution < 1.29 is 18.0 Å². The van der Waals surface area contributed by atoms with Gasteiger partial charge in [0, 0.05) is 13.0 Å². The molecule has 2 aliphatic rings. The van der Waals surface area contributed by atoms with Crippen molar-refractivity contribution >= 4 is 16.1 Å². The van der Waals surface area contributed by atoms with Gasteiger partial charge >= 0.3 is 0 Å². The molecule has 1 saturated heterocycles. The van der Waals surface area contributed by atoms with Crippen molar-refractivity contribution in [1.29, 1.82) is 0 Å². The summed E-state index contributed by atoms with van der Waals surface area (Å²) in [5.41, 5.74) is 0.664. The minimum atomic E-state index is -3.63. The number of nitrogens with zero attached hydrogens (tertiary/aromatic N) is 3. The van der Waals surface area contributed by atoms with E-state index in [4.69, 9.17) is 4.52 Å². The molecule has 25 heavy (non-hydrogen) atoms. The summed E-state index contributed by atoms with van der Waals surface area (Å²) in [6.07, 6.45) is 3.14.